The molecule has 0 bridgehead atoms. The minimum absolute atomic E-state index is 0.136. The van der Waals surface area contributed by atoms with E-state index in [-0.39, 0.29) is 18.3 Å². The predicted octanol–water partition coefficient (Wildman–Crippen LogP) is 3.90. The van der Waals surface area contributed by atoms with Crippen molar-refractivity contribution in [2.75, 3.05) is 12.4 Å². The van der Waals surface area contributed by atoms with Crippen molar-refractivity contribution in [2.45, 2.75) is 6.54 Å². The smallest absolute Gasteiger partial charge is 0.437 e. The molecule has 7 nitrogen and oxygen atoms in total. The number of anilines is 2. The van der Waals surface area contributed by atoms with Crippen molar-refractivity contribution < 1.29 is 13.5 Å². The molecule has 0 atom stereocenters. The van der Waals surface area contributed by atoms with Crippen LogP contribution in [0.4, 0.5) is 15.2 Å². The topological polar surface area (TPSA) is 82.2 Å². The van der Waals surface area contributed by atoms with Crippen LogP contribution in [-0.4, -0.2) is 21.9 Å². The zero-order valence-corrected chi connectivity index (χ0v) is 15.6. The largest absolute Gasteiger partial charge is 0.497 e. The summed E-state index contributed by atoms with van der Waals surface area (Å²) < 4.78 is 24.5. The van der Waals surface area contributed by atoms with Crippen molar-refractivity contribution in [3.63, 3.8) is 0 Å². The number of aromatic nitrogens is 3. The van der Waals surface area contributed by atoms with E-state index < -0.39 is 5.76 Å². The predicted molar refractivity (Wildman–Crippen MR) is 104 cm³/mol. The van der Waals surface area contributed by atoms with Crippen LogP contribution < -0.4 is 15.8 Å². The van der Waals surface area contributed by atoms with E-state index in [0.29, 0.717) is 16.4 Å². The lowest BCUT2D eigenvalue weighted by molar-refractivity contribution is 0.415. The molecule has 0 aliphatic carbocycles. The summed E-state index contributed by atoms with van der Waals surface area (Å²) in [4.78, 5) is 16.5. The molecule has 4 rings (SSSR count). The third-order valence-corrected chi connectivity index (χ3v) is 4.71. The summed E-state index contributed by atoms with van der Waals surface area (Å²) in [5.74, 6) is -0.0635. The third kappa shape index (κ3) is 3.94. The SMILES string of the molecule is COc1ccc(Nc2nc(Cn3nc(-c4ccc(F)cc4)oc3=O)cs2)cc1. The van der Waals surface area contributed by atoms with Crippen LogP contribution in [0.5, 0.6) is 5.75 Å². The van der Waals surface area contributed by atoms with E-state index in [1.54, 1.807) is 7.11 Å². The van der Waals surface area contributed by atoms with Crippen molar-refractivity contribution in [3.8, 4) is 17.2 Å². The second-order valence-electron chi connectivity index (χ2n) is 5.84. The van der Waals surface area contributed by atoms with Crippen LogP contribution in [-0.2, 0) is 6.54 Å². The van der Waals surface area contributed by atoms with Crippen LogP contribution in [0.25, 0.3) is 11.5 Å². The fourth-order valence-electron chi connectivity index (χ4n) is 2.50. The summed E-state index contributed by atoms with van der Waals surface area (Å²) in [6, 6.07) is 13.0. The molecule has 2 heterocycles. The summed E-state index contributed by atoms with van der Waals surface area (Å²) in [6.07, 6.45) is 0. The molecule has 0 radical (unpaired) electrons. The Kier molecular flexibility index (Phi) is 4.90. The van der Waals surface area contributed by atoms with Crippen LogP contribution in [0.1, 0.15) is 5.69 Å². The molecule has 28 heavy (non-hydrogen) atoms. The number of halogens is 1. The number of nitrogens with one attached hydrogen (secondary N) is 1. The van der Waals surface area contributed by atoms with Crippen molar-refractivity contribution in [1.82, 2.24) is 14.8 Å². The normalized spacial score (nSPS) is 10.8. The van der Waals surface area contributed by atoms with Gasteiger partial charge in [0.05, 0.1) is 19.3 Å². The fraction of sp³-hybridized carbons (Fsp3) is 0.105. The third-order valence-electron chi connectivity index (χ3n) is 3.90. The zero-order chi connectivity index (χ0) is 19.5. The van der Waals surface area contributed by atoms with Gasteiger partial charge >= 0.3 is 5.76 Å². The van der Waals surface area contributed by atoms with Crippen molar-refractivity contribution in [3.05, 3.63) is 76.0 Å². The van der Waals surface area contributed by atoms with E-state index in [0.717, 1.165) is 11.4 Å². The van der Waals surface area contributed by atoms with E-state index >= 15 is 0 Å². The molecule has 2 aromatic heterocycles. The molecule has 9 heteroatoms. The first-order chi connectivity index (χ1) is 13.6. The minimum Gasteiger partial charge on any atom is -0.497 e. The fourth-order valence-corrected chi connectivity index (χ4v) is 3.23. The summed E-state index contributed by atoms with van der Waals surface area (Å²) >= 11 is 1.42. The molecule has 0 unspecified atom stereocenters. The number of benzene rings is 2. The maximum absolute atomic E-state index is 13.0. The Bertz CT molecular complexity index is 1130. The molecule has 142 valence electrons. The van der Waals surface area contributed by atoms with E-state index in [1.807, 2.05) is 29.6 Å². The first-order valence-electron chi connectivity index (χ1n) is 8.30. The Labute approximate surface area is 163 Å². The summed E-state index contributed by atoms with van der Waals surface area (Å²) in [5.41, 5.74) is 2.07. The molecule has 0 saturated heterocycles. The molecule has 0 aliphatic rings. The molecule has 0 fully saturated rings. The summed E-state index contributed by atoms with van der Waals surface area (Å²) in [7, 11) is 1.61. The van der Waals surface area contributed by atoms with Crippen LogP contribution in [0.2, 0.25) is 0 Å². The zero-order valence-electron chi connectivity index (χ0n) is 14.8. The van der Waals surface area contributed by atoms with E-state index in [9.17, 15) is 9.18 Å². The van der Waals surface area contributed by atoms with Crippen molar-refractivity contribution >= 4 is 22.2 Å². The van der Waals surface area contributed by atoms with Gasteiger partial charge < -0.3 is 14.5 Å². The van der Waals surface area contributed by atoms with Gasteiger partial charge in [-0.05, 0) is 48.5 Å². The van der Waals surface area contributed by atoms with Gasteiger partial charge in [-0.1, -0.05) is 0 Å². The molecular weight excluding hydrogens is 383 g/mol. The van der Waals surface area contributed by atoms with E-state index in [4.69, 9.17) is 9.15 Å². The van der Waals surface area contributed by atoms with E-state index in [2.05, 4.69) is 15.4 Å². The van der Waals surface area contributed by atoms with Gasteiger partial charge in [-0.3, -0.25) is 0 Å². The summed E-state index contributed by atoms with van der Waals surface area (Å²) in [5, 5.41) is 9.89. The number of nitrogens with zero attached hydrogens (tertiary/aromatic N) is 3. The number of ether oxygens (including phenoxy) is 1. The van der Waals surface area contributed by atoms with Gasteiger partial charge in [0.25, 0.3) is 0 Å². The average molecular weight is 398 g/mol. The molecule has 0 aliphatic heterocycles. The van der Waals surface area contributed by atoms with Crippen LogP contribution in [0.15, 0.2) is 63.1 Å². The van der Waals surface area contributed by atoms with Gasteiger partial charge in [0.15, 0.2) is 5.13 Å². The Morgan fingerprint density at radius 1 is 1.18 bits per heavy atom. The monoisotopic (exact) mass is 398 g/mol. The van der Waals surface area contributed by atoms with Crippen LogP contribution in [0, 0.1) is 5.82 Å². The maximum Gasteiger partial charge on any atom is 0.437 e. The lowest BCUT2D eigenvalue weighted by Crippen LogP contribution is -2.16. The lowest BCUT2D eigenvalue weighted by Gasteiger charge is -2.03. The van der Waals surface area contributed by atoms with Crippen LogP contribution >= 0.6 is 11.3 Å². The number of hydrogen-bond donors (Lipinski definition) is 1. The van der Waals surface area contributed by atoms with Gasteiger partial charge in [0.1, 0.15) is 11.6 Å². The molecular formula is C19H15FN4O3S. The molecule has 2 aromatic carbocycles. The maximum atomic E-state index is 13.0. The standard InChI is InChI=1S/C19H15FN4O3S/c1-26-16-8-6-14(7-9-16)21-18-22-15(11-28-18)10-24-19(25)27-17(23-24)12-2-4-13(20)5-3-12/h2-9,11H,10H2,1H3,(H,21,22). The Morgan fingerprint density at radius 3 is 2.64 bits per heavy atom. The van der Waals surface area contributed by atoms with Gasteiger partial charge in [-0.2, -0.15) is 4.68 Å². The molecule has 0 spiro atoms. The number of hydrogen-bond acceptors (Lipinski definition) is 7. The van der Waals surface area contributed by atoms with E-state index in [1.165, 1.54) is 40.3 Å². The van der Waals surface area contributed by atoms with Gasteiger partial charge in [-0.15, -0.1) is 16.4 Å². The first-order valence-corrected chi connectivity index (χ1v) is 9.18. The van der Waals surface area contributed by atoms with Crippen molar-refractivity contribution in [1.29, 1.82) is 0 Å². The second-order valence-corrected chi connectivity index (χ2v) is 6.69. The van der Waals surface area contributed by atoms with Crippen molar-refractivity contribution in [2.24, 2.45) is 0 Å². The average Bonchev–Trinajstić information content (AvgIpc) is 3.30. The Balaban J connectivity index is 1.47. The van der Waals surface area contributed by atoms with Gasteiger partial charge in [0.2, 0.25) is 5.89 Å². The van der Waals surface area contributed by atoms with Gasteiger partial charge in [0, 0.05) is 16.6 Å². The first kappa shape index (κ1) is 17.9. The Hall–Kier alpha value is -3.46. The second kappa shape index (κ2) is 7.65. The highest BCUT2D eigenvalue weighted by molar-refractivity contribution is 7.13. The number of thiazole rings is 1. The lowest BCUT2D eigenvalue weighted by atomic mass is 10.2. The Morgan fingerprint density at radius 2 is 1.93 bits per heavy atom. The quantitative estimate of drug-likeness (QED) is 0.530. The summed E-state index contributed by atoms with van der Waals surface area (Å²) in [6.45, 7) is 0.171. The molecule has 4 aromatic rings. The minimum atomic E-state index is -0.600. The highest BCUT2D eigenvalue weighted by Crippen LogP contribution is 2.23. The van der Waals surface area contributed by atoms with Gasteiger partial charge in [-0.25, -0.2) is 14.2 Å². The molecule has 0 saturated carbocycles. The molecule has 0 amide bonds. The highest BCUT2D eigenvalue weighted by Gasteiger charge is 2.12. The number of methoxy groups -OCH3 is 1. The highest BCUT2D eigenvalue weighted by atomic mass is 32.1. The van der Waals surface area contributed by atoms with Crippen LogP contribution in [0.3, 0.4) is 0 Å². The number of rotatable bonds is 6. The molecule has 1 N–H and O–H groups in total.